The van der Waals surface area contributed by atoms with E-state index >= 15 is 0 Å². The van der Waals surface area contributed by atoms with Gasteiger partial charge in [-0.25, -0.2) is 0 Å². The monoisotopic (exact) mass is 279 g/mol. The van der Waals surface area contributed by atoms with Crippen molar-refractivity contribution in [1.82, 2.24) is 19.9 Å². The number of hydrogen-bond donors (Lipinski definition) is 2. The van der Waals surface area contributed by atoms with Crippen molar-refractivity contribution in [3.8, 4) is 0 Å². The predicted octanol–water partition coefficient (Wildman–Crippen LogP) is 0.806. The molecule has 0 unspecified atom stereocenters. The summed E-state index contributed by atoms with van der Waals surface area (Å²) in [7, 11) is 2.10. The third-order valence-electron chi connectivity index (χ3n) is 3.66. The summed E-state index contributed by atoms with van der Waals surface area (Å²) in [4.78, 5) is 17.2. The molecule has 0 spiro atoms. The van der Waals surface area contributed by atoms with E-state index in [1.54, 1.807) is 0 Å². The van der Waals surface area contributed by atoms with Gasteiger partial charge in [-0.15, -0.1) is 0 Å². The van der Waals surface area contributed by atoms with Crippen LogP contribution >= 0.6 is 0 Å². The minimum Gasteiger partial charge on any atom is -0.368 e. The van der Waals surface area contributed by atoms with Crippen molar-refractivity contribution in [3.05, 3.63) is 0 Å². The summed E-state index contributed by atoms with van der Waals surface area (Å²) < 4.78 is 0. The Hall–Kier alpha value is -1.63. The second-order valence-corrected chi connectivity index (χ2v) is 5.51. The Kier molecular flexibility index (Phi) is 4.94. The van der Waals surface area contributed by atoms with E-state index in [-0.39, 0.29) is 5.95 Å². The number of rotatable bonds is 6. The molecule has 0 aromatic carbocycles. The van der Waals surface area contributed by atoms with Gasteiger partial charge in [-0.1, -0.05) is 0 Å². The molecule has 20 heavy (non-hydrogen) atoms. The SMILES string of the molecule is CC(C)N(C)CCNc1nc(N)nc(N2CCCC2)n1. The highest BCUT2D eigenvalue weighted by atomic mass is 15.3. The van der Waals surface area contributed by atoms with Gasteiger partial charge in [0.1, 0.15) is 0 Å². The zero-order valence-corrected chi connectivity index (χ0v) is 12.6. The Morgan fingerprint density at radius 1 is 1.25 bits per heavy atom. The summed E-state index contributed by atoms with van der Waals surface area (Å²) >= 11 is 0. The van der Waals surface area contributed by atoms with Gasteiger partial charge in [0, 0.05) is 32.2 Å². The first-order valence-electron chi connectivity index (χ1n) is 7.27. The maximum absolute atomic E-state index is 5.77. The standard InChI is InChI=1S/C13H25N7/c1-10(2)19(3)9-6-15-12-16-11(14)17-13(18-12)20-7-4-5-8-20/h10H,4-9H2,1-3H3,(H3,14,15,16,17,18). The third-order valence-corrected chi connectivity index (χ3v) is 3.66. The fourth-order valence-electron chi connectivity index (χ4n) is 2.12. The molecule has 0 amide bonds. The van der Waals surface area contributed by atoms with Crippen LogP contribution in [0.15, 0.2) is 0 Å². The number of likely N-dealkylation sites (N-methyl/N-ethyl adjacent to an activating group) is 1. The van der Waals surface area contributed by atoms with Crippen LogP contribution in [0.1, 0.15) is 26.7 Å². The second-order valence-electron chi connectivity index (χ2n) is 5.51. The zero-order chi connectivity index (χ0) is 14.5. The maximum atomic E-state index is 5.77. The van der Waals surface area contributed by atoms with Crippen LogP contribution in [0.5, 0.6) is 0 Å². The third kappa shape index (κ3) is 3.93. The first-order valence-corrected chi connectivity index (χ1v) is 7.27. The molecular formula is C13H25N7. The first kappa shape index (κ1) is 14.8. The average molecular weight is 279 g/mol. The number of nitrogens with zero attached hydrogens (tertiary/aromatic N) is 5. The lowest BCUT2D eigenvalue weighted by Crippen LogP contribution is -2.31. The van der Waals surface area contributed by atoms with Gasteiger partial charge in [0.25, 0.3) is 0 Å². The van der Waals surface area contributed by atoms with Crippen LogP contribution in [0, 0.1) is 0 Å². The molecule has 1 aromatic rings. The summed E-state index contributed by atoms with van der Waals surface area (Å²) in [6, 6.07) is 0.528. The molecule has 0 radical (unpaired) electrons. The van der Waals surface area contributed by atoms with Gasteiger partial charge in [0.05, 0.1) is 0 Å². The number of nitrogen functional groups attached to an aromatic ring is 1. The summed E-state index contributed by atoms with van der Waals surface area (Å²) in [6.07, 6.45) is 2.38. The van der Waals surface area contributed by atoms with Gasteiger partial charge in [0.15, 0.2) is 0 Å². The Morgan fingerprint density at radius 2 is 1.95 bits per heavy atom. The number of anilines is 3. The van der Waals surface area contributed by atoms with Gasteiger partial charge in [-0.05, 0) is 33.7 Å². The normalized spacial score (nSPS) is 15.3. The van der Waals surface area contributed by atoms with Gasteiger partial charge in [0.2, 0.25) is 17.8 Å². The van der Waals surface area contributed by atoms with Crippen molar-refractivity contribution in [2.24, 2.45) is 0 Å². The molecule has 2 rings (SSSR count). The van der Waals surface area contributed by atoms with E-state index in [9.17, 15) is 0 Å². The quantitative estimate of drug-likeness (QED) is 0.797. The maximum Gasteiger partial charge on any atom is 0.231 e. The lowest BCUT2D eigenvalue weighted by molar-refractivity contribution is 0.284. The fourth-order valence-corrected chi connectivity index (χ4v) is 2.12. The Balaban J connectivity index is 1.94. The van der Waals surface area contributed by atoms with Crippen LogP contribution in [0.4, 0.5) is 17.8 Å². The first-order chi connectivity index (χ1) is 9.56. The van der Waals surface area contributed by atoms with Gasteiger partial charge >= 0.3 is 0 Å². The molecule has 2 heterocycles. The molecule has 7 heteroatoms. The van der Waals surface area contributed by atoms with Crippen molar-refractivity contribution in [3.63, 3.8) is 0 Å². The molecule has 1 aliphatic heterocycles. The van der Waals surface area contributed by atoms with E-state index in [4.69, 9.17) is 5.73 Å². The van der Waals surface area contributed by atoms with Crippen LogP contribution in [0.3, 0.4) is 0 Å². The predicted molar refractivity (Wildman–Crippen MR) is 81.9 cm³/mol. The van der Waals surface area contributed by atoms with Crippen molar-refractivity contribution in [1.29, 1.82) is 0 Å². The zero-order valence-electron chi connectivity index (χ0n) is 12.6. The largest absolute Gasteiger partial charge is 0.368 e. The van der Waals surface area contributed by atoms with Gasteiger partial charge in [-0.2, -0.15) is 15.0 Å². The lowest BCUT2D eigenvalue weighted by atomic mass is 10.3. The van der Waals surface area contributed by atoms with Gasteiger partial charge < -0.3 is 20.9 Å². The highest BCUT2D eigenvalue weighted by molar-refractivity contribution is 5.42. The van der Waals surface area contributed by atoms with Crippen molar-refractivity contribution in [2.75, 3.05) is 49.2 Å². The van der Waals surface area contributed by atoms with Crippen molar-refractivity contribution >= 4 is 17.8 Å². The summed E-state index contributed by atoms with van der Waals surface area (Å²) in [5.74, 6) is 1.54. The minimum atomic E-state index is 0.279. The molecule has 7 nitrogen and oxygen atoms in total. The molecule has 1 fully saturated rings. The van der Waals surface area contributed by atoms with E-state index in [2.05, 4.69) is 51.0 Å². The van der Waals surface area contributed by atoms with Crippen LogP contribution in [-0.2, 0) is 0 Å². The van der Waals surface area contributed by atoms with Crippen LogP contribution in [0.2, 0.25) is 0 Å². The molecule has 0 bridgehead atoms. The van der Waals surface area contributed by atoms with E-state index in [1.807, 2.05) is 0 Å². The number of hydrogen-bond acceptors (Lipinski definition) is 7. The van der Waals surface area contributed by atoms with Crippen molar-refractivity contribution < 1.29 is 0 Å². The highest BCUT2D eigenvalue weighted by Gasteiger charge is 2.16. The van der Waals surface area contributed by atoms with E-state index < -0.39 is 0 Å². The minimum absolute atomic E-state index is 0.279. The molecular weight excluding hydrogens is 254 g/mol. The number of nitrogens with two attached hydrogens (primary N) is 1. The molecule has 1 saturated heterocycles. The molecule has 1 aromatic heterocycles. The van der Waals surface area contributed by atoms with Crippen LogP contribution in [-0.4, -0.2) is 59.1 Å². The Morgan fingerprint density at radius 3 is 2.60 bits per heavy atom. The van der Waals surface area contributed by atoms with E-state index in [0.29, 0.717) is 17.9 Å². The summed E-state index contributed by atoms with van der Waals surface area (Å²) in [5.41, 5.74) is 5.77. The topological polar surface area (TPSA) is 83.2 Å². The fraction of sp³-hybridized carbons (Fsp3) is 0.769. The Bertz CT molecular complexity index is 429. The molecule has 1 aliphatic rings. The second kappa shape index (κ2) is 6.69. The molecule has 3 N–H and O–H groups in total. The number of aromatic nitrogens is 3. The average Bonchev–Trinajstić information content (AvgIpc) is 2.91. The van der Waals surface area contributed by atoms with Crippen molar-refractivity contribution in [2.45, 2.75) is 32.7 Å². The van der Waals surface area contributed by atoms with Crippen LogP contribution in [0.25, 0.3) is 0 Å². The Labute approximate surface area is 120 Å². The molecule has 0 saturated carbocycles. The molecule has 0 atom stereocenters. The summed E-state index contributed by atoms with van der Waals surface area (Å²) in [6.45, 7) is 8.07. The van der Waals surface area contributed by atoms with Crippen LogP contribution < -0.4 is 16.0 Å². The molecule has 112 valence electrons. The number of nitrogens with one attached hydrogen (secondary N) is 1. The van der Waals surface area contributed by atoms with E-state index in [1.165, 1.54) is 12.8 Å². The lowest BCUT2D eigenvalue weighted by Gasteiger charge is -2.21. The smallest absolute Gasteiger partial charge is 0.231 e. The van der Waals surface area contributed by atoms with Gasteiger partial charge in [-0.3, -0.25) is 0 Å². The summed E-state index contributed by atoms with van der Waals surface area (Å²) in [5, 5.41) is 3.22. The highest BCUT2D eigenvalue weighted by Crippen LogP contribution is 2.17. The molecule has 0 aliphatic carbocycles. The van der Waals surface area contributed by atoms with E-state index in [0.717, 1.165) is 26.2 Å².